The van der Waals surface area contributed by atoms with Crippen LogP contribution in [0.1, 0.15) is 226 Å². The van der Waals surface area contributed by atoms with Gasteiger partial charge in [0.25, 0.3) is 0 Å². The summed E-state index contributed by atoms with van der Waals surface area (Å²) in [6.07, 6.45) is 58.1. The highest BCUT2D eigenvalue weighted by molar-refractivity contribution is 5.77. The van der Waals surface area contributed by atoms with E-state index in [-0.39, 0.29) is 24.9 Å². The lowest BCUT2D eigenvalue weighted by atomic mass is 10.0. The van der Waals surface area contributed by atoms with E-state index >= 15 is 0 Å². The molecule has 0 aromatic heterocycles. The number of ether oxygens (including phenoxy) is 1. The second-order valence-corrected chi connectivity index (χ2v) is 16.6. The Morgan fingerprint density at radius 2 is 0.915 bits per heavy atom. The van der Waals surface area contributed by atoms with Gasteiger partial charge < -0.3 is 20.3 Å². The summed E-state index contributed by atoms with van der Waals surface area (Å²) in [7, 11) is 0. The van der Waals surface area contributed by atoms with Gasteiger partial charge in [0.2, 0.25) is 5.91 Å². The molecule has 3 atom stereocenters. The Labute approximate surface area is 364 Å². The maximum atomic E-state index is 13.2. The van der Waals surface area contributed by atoms with Crippen molar-refractivity contribution in [3.05, 3.63) is 72.9 Å². The summed E-state index contributed by atoms with van der Waals surface area (Å²) < 4.78 is 5.90. The van der Waals surface area contributed by atoms with Crippen molar-refractivity contribution >= 4 is 11.9 Å². The van der Waals surface area contributed by atoms with E-state index in [4.69, 9.17) is 4.74 Å². The Balaban J connectivity index is 4.59. The SMILES string of the molecule is CCC/C=C/C=C/C=C/C=C/C=C/CCCCCCCC(=O)OC(CCCCC/C=C\CCCCC)CC(=O)NC(CO)C(O)CCCCCCCCCCCCCC. The third kappa shape index (κ3) is 41.8. The summed E-state index contributed by atoms with van der Waals surface area (Å²) in [4.78, 5) is 26.0. The molecule has 0 radical (unpaired) electrons. The van der Waals surface area contributed by atoms with E-state index in [1.807, 2.05) is 24.3 Å². The highest BCUT2D eigenvalue weighted by Gasteiger charge is 2.24. The molecule has 59 heavy (non-hydrogen) atoms. The first kappa shape index (κ1) is 56.3. The van der Waals surface area contributed by atoms with Gasteiger partial charge in [0.1, 0.15) is 6.10 Å². The van der Waals surface area contributed by atoms with E-state index in [1.165, 1.54) is 83.5 Å². The monoisotopic (exact) mass is 824 g/mol. The van der Waals surface area contributed by atoms with Crippen molar-refractivity contribution in [3.8, 4) is 0 Å². The fourth-order valence-electron chi connectivity index (χ4n) is 7.10. The molecule has 6 nitrogen and oxygen atoms in total. The van der Waals surface area contributed by atoms with Gasteiger partial charge in [-0.25, -0.2) is 0 Å². The van der Waals surface area contributed by atoms with E-state index in [2.05, 4.69) is 74.7 Å². The van der Waals surface area contributed by atoms with Gasteiger partial charge in [-0.3, -0.25) is 9.59 Å². The number of aliphatic hydroxyl groups is 2. The number of hydrogen-bond acceptors (Lipinski definition) is 5. The van der Waals surface area contributed by atoms with Crippen molar-refractivity contribution in [1.82, 2.24) is 5.32 Å². The molecule has 0 rings (SSSR count). The fraction of sp³-hybridized carbons (Fsp3) is 0.736. The average molecular weight is 824 g/mol. The summed E-state index contributed by atoms with van der Waals surface area (Å²) >= 11 is 0. The van der Waals surface area contributed by atoms with E-state index in [9.17, 15) is 19.8 Å². The van der Waals surface area contributed by atoms with Crippen LogP contribution < -0.4 is 5.32 Å². The van der Waals surface area contributed by atoms with Crippen LogP contribution in [-0.4, -0.2) is 46.9 Å². The van der Waals surface area contributed by atoms with Crippen LogP contribution >= 0.6 is 0 Å². The first-order valence-corrected chi connectivity index (χ1v) is 24.7. The first-order chi connectivity index (χ1) is 29.0. The summed E-state index contributed by atoms with van der Waals surface area (Å²) in [5.74, 6) is -0.523. The zero-order valence-electron chi connectivity index (χ0n) is 38.6. The maximum absolute atomic E-state index is 13.2. The van der Waals surface area contributed by atoms with Gasteiger partial charge in [0, 0.05) is 6.42 Å². The molecule has 0 heterocycles. The molecule has 0 aromatic carbocycles. The molecule has 0 aliphatic carbocycles. The molecule has 3 unspecified atom stereocenters. The second kappa shape index (κ2) is 46.4. The average Bonchev–Trinajstić information content (AvgIpc) is 3.23. The summed E-state index contributed by atoms with van der Waals surface area (Å²) in [5.41, 5.74) is 0. The van der Waals surface area contributed by atoms with Crippen molar-refractivity contribution in [1.29, 1.82) is 0 Å². The van der Waals surface area contributed by atoms with Gasteiger partial charge in [-0.05, 0) is 70.6 Å². The van der Waals surface area contributed by atoms with Crippen molar-refractivity contribution in [2.75, 3.05) is 6.61 Å². The predicted molar refractivity (Wildman–Crippen MR) is 255 cm³/mol. The van der Waals surface area contributed by atoms with Crippen LogP contribution in [0.2, 0.25) is 0 Å². The van der Waals surface area contributed by atoms with E-state index in [0.29, 0.717) is 19.3 Å². The van der Waals surface area contributed by atoms with E-state index < -0.39 is 18.2 Å². The predicted octanol–water partition coefficient (Wildman–Crippen LogP) is 14.6. The van der Waals surface area contributed by atoms with Crippen LogP contribution in [0.3, 0.4) is 0 Å². The number of allylic oxidation sites excluding steroid dienone is 12. The number of hydrogen-bond donors (Lipinski definition) is 3. The number of nitrogens with one attached hydrogen (secondary N) is 1. The Bertz CT molecular complexity index is 1110. The number of carbonyl (C=O) groups excluding carboxylic acids is 2. The molecule has 0 saturated carbocycles. The molecule has 340 valence electrons. The molecule has 1 amide bonds. The molecule has 0 aliphatic heterocycles. The minimum Gasteiger partial charge on any atom is -0.462 e. The fourth-order valence-corrected chi connectivity index (χ4v) is 7.10. The van der Waals surface area contributed by atoms with Crippen LogP contribution in [0.15, 0.2) is 72.9 Å². The Hall–Kier alpha value is -2.70. The normalized spacial score (nSPS) is 13.9. The van der Waals surface area contributed by atoms with Gasteiger partial charge >= 0.3 is 5.97 Å². The number of rotatable bonds is 43. The molecular weight excluding hydrogens is 731 g/mol. The minimum absolute atomic E-state index is 0.0532. The summed E-state index contributed by atoms with van der Waals surface area (Å²) in [6.45, 7) is 6.34. The summed E-state index contributed by atoms with van der Waals surface area (Å²) in [6, 6.07) is -0.713. The van der Waals surface area contributed by atoms with E-state index in [0.717, 1.165) is 96.3 Å². The lowest BCUT2D eigenvalue weighted by molar-refractivity contribution is -0.151. The van der Waals surface area contributed by atoms with Crippen LogP contribution in [0.4, 0.5) is 0 Å². The third-order valence-electron chi connectivity index (χ3n) is 10.9. The molecule has 3 N–H and O–H groups in total. The summed E-state index contributed by atoms with van der Waals surface area (Å²) in [5, 5.41) is 23.7. The number of amides is 1. The lowest BCUT2D eigenvalue weighted by Gasteiger charge is -2.24. The number of carbonyl (C=O) groups is 2. The molecule has 0 spiro atoms. The van der Waals surface area contributed by atoms with Crippen molar-refractivity contribution in [3.63, 3.8) is 0 Å². The second-order valence-electron chi connectivity index (χ2n) is 16.6. The molecule has 0 fully saturated rings. The van der Waals surface area contributed by atoms with Gasteiger partial charge in [-0.15, -0.1) is 0 Å². The maximum Gasteiger partial charge on any atom is 0.306 e. The first-order valence-electron chi connectivity index (χ1n) is 24.7. The smallest absolute Gasteiger partial charge is 0.306 e. The molecule has 6 heteroatoms. The highest BCUT2D eigenvalue weighted by atomic mass is 16.5. The van der Waals surface area contributed by atoms with Crippen molar-refractivity contribution in [2.24, 2.45) is 0 Å². The van der Waals surface area contributed by atoms with Gasteiger partial charge in [0.15, 0.2) is 0 Å². The Kier molecular flexibility index (Phi) is 44.2. The lowest BCUT2D eigenvalue weighted by Crippen LogP contribution is -2.46. The van der Waals surface area contributed by atoms with Crippen LogP contribution in [0.25, 0.3) is 0 Å². The zero-order chi connectivity index (χ0) is 43.1. The van der Waals surface area contributed by atoms with Gasteiger partial charge in [-0.1, -0.05) is 216 Å². The zero-order valence-corrected chi connectivity index (χ0v) is 38.6. The highest BCUT2D eigenvalue weighted by Crippen LogP contribution is 2.17. The molecule has 0 bridgehead atoms. The molecule has 0 aromatic rings. The third-order valence-corrected chi connectivity index (χ3v) is 10.9. The van der Waals surface area contributed by atoms with Crippen molar-refractivity contribution in [2.45, 2.75) is 244 Å². The standard InChI is InChI=1S/C53H93NO5/c1-4-7-10-13-16-19-22-24-25-26-27-28-29-31-34-37-40-43-46-53(58)59-49(44-41-38-35-32-21-18-15-12-9-6-3)47-52(57)54-50(48-55)51(56)45-42-39-36-33-30-23-20-17-14-11-8-5-2/h10,13,16,18-19,21-22,24-28,49-51,55-56H,4-9,11-12,14-15,17,20,23,29-48H2,1-3H3,(H,54,57)/b13-10+,19-16+,21-18-,24-22+,26-25+,28-27+. The van der Waals surface area contributed by atoms with Crippen LogP contribution in [0.5, 0.6) is 0 Å². The van der Waals surface area contributed by atoms with Crippen LogP contribution in [0, 0.1) is 0 Å². The van der Waals surface area contributed by atoms with Gasteiger partial charge in [0.05, 0.1) is 25.2 Å². The Morgan fingerprint density at radius 3 is 1.47 bits per heavy atom. The largest absolute Gasteiger partial charge is 0.462 e. The topological polar surface area (TPSA) is 95.9 Å². The minimum atomic E-state index is -0.797. The molecule has 0 aliphatic rings. The van der Waals surface area contributed by atoms with E-state index in [1.54, 1.807) is 0 Å². The van der Waals surface area contributed by atoms with Gasteiger partial charge in [-0.2, -0.15) is 0 Å². The number of unbranched alkanes of at least 4 members (excludes halogenated alkanes) is 23. The molecule has 0 saturated heterocycles. The van der Waals surface area contributed by atoms with Crippen LogP contribution in [-0.2, 0) is 14.3 Å². The number of esters is 1. The molecular formula is C53H93NO5. The quantitative estimate of drug-likeness (QED) is 0.0246. The Morgan fingerprint density at radius 1 is 0.492 bits per heavy atom. The van der Waals surface area contributed by atoms with Crippen molar-refractivity contribution < 1.29 is 24.5 Å². The number of aliphatic hydroxyl groups excluding tert-OH is 2.